The number of sulfonamides is 1. The first kappa shape index (κ1) is 17.5. The van der Waals surface area contributed by atoms with Crippen LogP contribution in [0.1, 0.15) is 38.2 Å². The molecule has 0 spiro atoms. The van der Waals surface area contributed by atoms with Gasteiger partial charge in [-0.1, -0.05) is 49.0 Å². The topological polar surface area (TPSA) is 94.9 Å². The van der Waals surface area contributed by atoms with Crippen molar-refractivity contribution in [2.45, 2.75) is 50.5 Å². The Kier molecular flexibility index (Phi) is 7.22. The molecule has 0 aromatic heterocycles. The molecule has 1 rings (SSSR count). The highest BCUT2D eigenvalue weighted by atomic mass is 32.2. The Morgan fingerprint density at radius 1 is 1.29 bits per heavy atom. The van der Waals surface area contributed by atoms with Gasteiger partial charge < -0.3 is 0 Å². The second kappa shape index (κ2) is 8.67. The van der Waals surface area contributed by atoms with Crippen LogP contribution >= 0.6 is 0 Å². The summed E-state index contributed by atoms with van der Waals surface area (Å²) in [5.74, 6) is 0. The zero-order valence-electron chi connectivity index (χ0n) is 12.5. The van der Waals surface area contributed by atoms with E-state index in [0.29, 0.717) is 6.42 Å². The average Bonchev–Trinajstić information content (AvgIpc) is 2.45. The number of azide groups is 1. The molecular formula is C14H22N4O2S. The summed E-state index contributed by atoms with van der Waals surface area (Å²) >= 11 is 0. The number of nitrogens with one attached hydrogen (secondary N) is 1. The maximum Gasteiger partial charge on any atom is 0.240 e. The molecule has 116 valence electrons. The monoisotopic (exact) mass is 310 g/mol. The van der Waals surface area contributed by atoms with Crippen molar-refractivity contribution in [1.82, 2.24) is 4.72 Å². The first-order valence-corrected chi connectivity index (χ1v) is 8.57. The van der Waals surface area contributed by atoms with Gasteiger partial charge in [0.2, 0.25) is 10.0 Å². The zero-order chi connectivity index (χ0) is 15.7. The van der Waals surface area contributed by atoms with E-state index in [9.17, 15) is 8.42 Å². The van der Waals surface area contributed by atoms with E-state index in [2.05, 4.69) is 21.7 Å². The van der Waals surface area contributed by atoms with Crippen LogP contribution in [-0.4, -0.2) is 21.0 Å². The molecule has 0 radical (unpaired) electrons. The van der Waals surface area contributed by atoms with Crippen molar-refractivity contribution in [3.63, 3.8) is 0 Å². The third-order valence-corrected chi connectivity index (χ3v) is 4.71. The summed E-state index contributed by atoms with van der Waals surface area (Å²) in [6.45, 7) is 4.11. The van der Waals surface area contributed by atoms with Crippen LogP contribution < -0.4 is 4.72 Å². The highest BCUT2D eigenvalue weighted by Gasteiger charge is 2.19. The van der Waals surface area contributed by atoms with Gasteiger partial charge in [-0.2, -0.15) is 0 Å². The molecule has 0 aliphatic heterocycles. The maximum absolute atomic E-state index is 12.3. The second-order valence-electron chi connectivity index (χ2n) is 5.04. The van der Waals surface area contributed by atoms with Gasteiger partial charge in [0.05, 0.1) is 4.90 Å². The largest absolute Gasteiger partial charge is 0.240 e. The van der Waals surface area contributed by atoms with Gasteiger partial charge in [-0.25, -0.2) is 13.1 Å². The molecule has 0 fully saturated rings. The van der Waals surface area contributed by atoms with Gasteiger partial charge in [-0.05, 0) is 31.0 Å². The van der Waals surface area contributed by atoms with Crippen molar-refractivity contribution < 1.29 is 8.42 Å². The van der Waals surface area contributed by atoms with E-state index in [1.165, 1.54) is 0 Å². The Morgan fingerprint density at radius 2 is 1.95 bits per heavy atom. The fourth-order valence-corrected chi connectivity index (χ4v) is 3.23. The summed E-state index contributed by atoms with van der Waals surface area (Å²) in [5.41, 5.74) is 9.42. The number of nitrogens with zero attached hydrogens (tertiary/aromatic N) is 3. The summed E-state index contributed by atoms with van der Waals surface area (Å²) in [7, 11) is -3.58. The molecule has 0 amide bonds. The number of rotatable bonds is 9. The van der Waals surface area contributed by atoms with E-state index in [0.717, 1.165) is 24.8 Å². The first-order valence-electron chi connectivity index (χ1n) is 7.09. The summed E-state index contributed by atoms with van der Waals surface area (Å²) in [4.78, 5) is 2.94. The van der Waals surface area contributed by atoms with Crippen LogP contribution in [0.2, 0.25) is 0 Å². The molecule has 0 saturated heterocycles. The van der Waals surface area contributed by atoms with Gasteiger partial charge in [0, 0.05) is 17.5 Å². The van der Waals surface area contributed by atoms with Gasteiger partial charge in [0.15, 0.2) is 0 Å². The Hall–Kier alpha value is -1.56. The minimum absolute atomic E-state index is 0.130. The quantitative estimate of drug-likeness (QED) is 0.327. The van der Waals surface area contributed by atoms with Crippen LogP contribution in [0.4, 0.5) is 0 Å². The molecule has 1 N–H and O–H groups in total. The summed E-state index contributed by atoms with van der Waals surface area (Å²) < 4.78 is 27.2. The molecule has 0 aliphatic rings. The Labute approximate surface area is 126 Å². The lowest BCUT2D eigenvalue weighted by Gasteiger charge is -2.16. The first-order chi connectivity index (χ1) is 9.99. The van der Waals surface area contributed by atoms with Crippen molar-refractivity contribution in [3.05, 3.63) is 40.3 Å². The third-order valence-electron chi connectivity index (χ3n) is 3.17. The molecule has 21 heavy (non-hydrogen) atoms. The van der Waals surface area contributed by atoms with E-state index >= 15 is 0 Å². The molecule has 0 saturated carbocycles. The number of unbranched alkanes of at least 4 members (excludes halogenated alkanes) is 2. The second-order valence-corrected chi connectivity index (χ2v) is 6.75. The minimum Gasteiger partial charge on any atom is -0.208 e. The molecule has 0 aliphatic carbocycles. The van der Waals surface area contributed by atoms with Gasteiger partial charge in [-0.3, -0.25) is 0 Å². The molecule has 1 atom stereocenters. The lowest BCUT2D eigenvalue weighted by atomic mass is 10.1. The van der Waals surface area contributed by atoms with Crippen LogP contribution in [0, 0.1) is 6.92 Å². The number of benzene rings is 1. The standard InChI is InChI=1S/C14H22N4O2S/c1-3-4-5-6-13(11-16-18-15)17-21(19,20)14-9-7-12(2)8-10-14/h7-10,13,17H,3-6,11H2,1-2H3. The molecule has 1 aromatic carbocycles. The van der Waals surface area contributed by atoms with Crippen molar-refractivity contribution in [3.8, 4) is 0 Å². The summed E-state index contributed by atoms with van der Waals surface area (Å²) in [6, 6.07) is 6.31. The number of hydrogen-bond donors (Lipinski definition) is 1. The molecule has 6 nitrogen and oxygen atoms in total. The number of hydrogen-bond acceptors (Lipinski definition) is 3. The SMILES string of the molecule is CCCCCC(CN=[N+]=[N-])NS(=O)(=O)c1ccc(C)cc1. The molecule has 0 bridgehead atoms. The van der Waals surface area contributed by atoms with Gasteiger partial charge in [0.1, 0.15) is 0 Å². The van der Waals surface area contributed by atoms with Crippen LogP contribution in [0.3, 0.4) is 0 Å². The predicted octanol–water partition coefficient (Wildman–Crippen LogP) is 3.53. The molecular weight excluding hydrogens is 288 g/mol. The maximum atomic E-state index is 12.3. The van der Waals surface area contributed by atoms with Gasteiger partial charge in [0.25, 0.3) is 0 Å². The van der Waals surface area contributed by atoms with Crippen LogP contribution in [-0.2, 0) is 10.0 Å². The van der Waals surface area contributed by atoms with E-state index < -0.39 is 10.0 Å². The predicted molar refractivity (Wildman–Crippen MR) is 83.4 cm³/mol. The van der Waals surface area contributed by atoms with Crippen molar-refractivity contribution >= 4 is 10.0 Å². The molecule has 7 heteroatoms. The third kappa shape index (κ3) is 6.16. The summed E-state index contributed by atoms with van der Waals surface area (Å²) in [6.07, 6.45) is 3.65. The van der Waals surface area contributed by atoms with Crippen molar-refractivity contribution in [1.29, 1.82) is 0 Å². The fraction of sp³-hybridized carbons (Fsp3) is 0.571. The molecule has 1 aromatic rings. The van der Waals surface area contributed by atoms with Crippen molar-refractivity contribution in [2.75, 3.05) is 6.54 Å². The Bertz CT molecular complexity index is 577. The van der Waals surface area contributed by atoms with Crippen molar-refractivity contribution in [2.24, 2.45) is 5.11 Å². The normalized spacial score (nSPS) is 12.7. The van der Waals surface area contributed by atoms with Crippen LogP contribution in [0.5, 0.6) is 0 Å². The lowest BCUT2D eigenvalue weighted by molar-refractivity contribution is 0.509. The zero-order valence-corrected chi connectivity index (χ0v) is 13.3. The van der Waals surface area contributed by atoms with Gasteiger partial charge in [-0.15, -0.1) is 0 Å². The highest BCUT2D eigenvalue weighted by molar-refractivity contribution is 7.89. The fourth-order valence-electron chi connectivity index (χ4n) is 1.97. The molecule has 1 unspecified atom stereocenters. The Morgan fingerprint density at radius 3 is 2.52 bits per heavy atom. The number of aryl methyl sites for hydroxylation is 1. The van der Waals surface area contributed by atoms with Crippen LogP contribution in [0.15, 0.2) is 34.3 Å². The van der Waals surface area contributed by atoms with E-state index in [1.807, 2.05) is 6.92 Å². The smallest absolute Gasteiger partial charge is 0.208 e. The summed E-state index contributed by atoms with van der Waals surface area (Å²) in [5, 5.41) is 3.50. The van der Waals surface area contributed by atoms with E-state index in [4.69, 9.17) is 5.53 Å². The lowest BCUT2D eigenvalue weighted by Crippen LogP contribution is -2.36. The Balaban J connectivity index is 2.79. The van der Waals surface area contributed by atoms with Crippen LogP contribution in [0.25, 0.3) is 10.4 Å². The van der Waals surface area contributed by atoms with Gasteiger partial charge >= 0.3 is 0 Å². The van der Waals surface area contributed by atoms with E-state index in [-0.39, 0.29) is 17.5 Å². The van der Waals surface area contributed by atoms with E-state index in [1.54, 1.807) is 24.3 Å². The molecule has 0 heterocycles. The highest BCUT2D eigenvalue weighted by Crippen LogP contribution is 2.13. The minimum atomic E-state index is -3.58. The average molecular weight is 310 g/mol.